The Kier molecular flexibility index (Phi) is 5.69. The quantitative estimate of drug-likeness (QED) is 0.697. The van der Waals surface area contributed by atoms with Gasteiger partial charge in [-0.15, -0.1) is 0 Å². The molecule has 1 nitrogen and oxygen atoms in total. The van der Waals surface area contributed by atoms with E-state index in [-0.39, 0.29) is 15.8 Å². The van der Waals surface area contributed by atoms with Crippen LogP contribution in [0.15, 0.2) is 10.5 Å². The highest BCUT2D eigenvalue weighted by molar-refractivity contribution is 9.10. The summed E-state index contributed by atoms with van der Waals surface area (Å²) >= 11 is 2.96. The van der Waals surface area contributed by atoms with E-state index >= 15 is 0 Å². The highest BCUT2D eigenvalue weighted by Gasteiger charge is 2.13. The Balaban J connectivity index is 0.000000791. The summed E-state index contributed by atoms with van der Waals surface area (Å²) in [5.41, 5.74) is -0.0114. The van der Waals surface area contributed by atoms with Crippen LogP contribution in [-0.4, -0.2) is 7.11 Å². The predicted octanol–water partition coefficient (Wildman–Crippen LogP) is 4.07. The number of rotatable bonds is 1. The van der Waals surface area contributed by atoms with Gasteiger partial charge in [-0.1, -0.05) is 13.8 Å². The first-order chi connectivity index (χ1) is 6.57. The van der Waals surface area contributed by atoms with Gasteiger partial charge in [-0.05, 0) is 22.9 Å². The molecule has 0 N–H and O–H groups in total. The largest absolute Gasteiger partial charge is 0.495 e. The van der Waals surface area contributed by atoms with Crippen molar-refractivity contribution < 1.29 is 13.5 Å². The van der Waals surface area contributed by atoms with Crippen LogP contribution in [-0.2, 0) is 0 Å². The van der Waals surface area contributed by atoms with E-state index in [4.69, 9.17) is 4.74 Å². The molecule has 80 valence electrons. The summed E-state index contributed by atoms with van der Waals surface area (Å²) < 4.78 is 30.8. The molecule has 0 spiro atoms. The lowest BCUT2D eigenvalue weighted by Gasteiger charge is -2.06. The minimum Gasteiger partial charge on any atom is -0.495 e. The van der Waals surface area contributed by atoms with Crippen molar-refractivity contribution in [3.8, 4) is 5.75 Å². The molecule has 0 aliphatic carbocycles. The first-order valence-electron chi connectivity index (χ1n) is 4.26. The summed E-state index contributed by atoms with van der Waals surface area (Å²) in [7, 11) is 1.36. The highest BCUT2D eigenvalue weighted by atomic mass is 79.9. The molecular formula is C10H13BrF2O. The molecule has 4 heteroatoms. The van der Waals surface area contributed by atoms with Crippen molar-refractivity contribution in [3.05, 3.63) is 27.7 Å². The third-order valence-electron chi connectivity index (χ3n) is 1.57. The fraction of sp³-hybridized carbons (Fsp3) is 0.400. The molecule has 0 saturated heterocycles. The van der Waals surface area contributed by atoms with Gasteiger partial charge in [0.25, 0.3) is 0 Å². The maximum Gasteiger partial charge on any atom is 0.146 e. The topological polar surface area (TPSA) is 9.23 Å². The van der Waals surface area contributed by atoms with E-state index in [0.717, 1.165) is 6.07 Å². The molecule has 1 aromatic rings. The Labute approximate surface area is 91.2 Å². The SMILES string of the molecule is CC.COc1cc(F)c(C)c(F)c1Br. The van der Waals surface area contributed by atoms with Gasteiger partial charge in [0.1, 0.15) is 17.4 Å². The molecular weight excluding hydrogens is 254 g/mol. The Bertz CT molecular complexity index is 313. The van der Waals surface area contributed by atoms with Gasteiger partial charge in [0.05, 0.1) is 11.6 Å². The van der Waals surface area contributed by atoms with Gasteiger partial charge < -0.3 is 4.74 Å². The molecule has 1 aromatic carbocycles. The lowest BCUT2D eigenvalue weighted by atomic mass is 10.2. The predicted molar refractivity (Wildman–Crippen MR) is 56.7 cm³/mol. The van der Waals surface area contributed by atoms with Crippen LogP contribution in [0.25, 0.3) is 0 Å². The van der Waals surface area contributed by atoms with Gasteiger partial charge in [-0.25, -0.2) is 8.78 Å². The number of methoxy groups -OCH3 is 1. The molecule has 0 aliphatic rings. The minimum atomic E-state index is -0.619. The Morgan fingerprint density at radius 3 is 2.21 bits per heavy atom. The maximum absolute atomic E-state index is 13.1. The Morgan fingerprint density at radius 2 is 1.79 bits per heavy atom. The lowest BCUT2D eigenvalue weighted by Crippen LogP contribution is -1.94. The van der Waals surface area contributed by atoms with Gasteiger partial charge in [-0.3, -0.25) is 0 Å². The average molecular weight is 267 g/mol. The van der Waals surface area contributed by atoms with E-state index in [2.05, 4.69) is 15.9 Å². The minimum absolute atomic E-state index is 0.0114. The number of benzene rings is 1. The zero-order chi connectivity index (χ0) is 11.3. The van der Waals surface area contributed by atoms with E-state index in [1.54, 1.807) is 0 Å². The van der Waals surface area contributed by atoms with E-state index in [9.17, 15) is 8.78 Å². The molecule has 0 radical (unpaired) electrons. The third kappa shape index (κ3) is 2.67. The van der Waals surface area contributed by atoms with Crippen LogP contribution in [0.2, 0.25) is 0 Å². The number of halogens is 3. The van der Waals surface area contributed by atoms with Crippen LogP contribution in [0.4, 0.5) is 8.78 Å². The van der Waals surface area contributed by atoms with Crippen molar-refractivity contribution in [2.75, 3.05) is 7.11 Å². The fourth-order valence-electron chi connectivity index (χ4n) is 0.813. The molecule has 0 bridgehead atoms. The van der Waals surface area contributed by atoms with Crippen molar-refractivity contribution in [1.29, 1.82) is 0 Å². The maximum atomic E-state index is 13.1. The summed E-state index contributed by atoms with van der Waals surface area (Å²) in [5.74, 6) is -1.06. The van der Waals surface area contributed by atoms with Crippen LogP contribution < -0.4 is 4.74 Å². The molecule has 0 unspecified atom stereocenters. The van der Waals surface area contributed by atoms with E-state index < -0.39 is 11.6 Å². The summed E-state index contributed by atoms with van der Waals surface area (Å²) in [6.45, 7) is 5.37. The molecule has 0 atom stereocenters. The smallest absolute Gasteiger partial charge is 0.146 e. The Hall–Kier alpha value is -0.640. The lowest BCUT2D eigenvalue weighted by molar-refractivity contribution is 0.402. The van der Waals surface area contributed by atoms with Gasteiger partial charge in [0.15, 0.2) is 0 Å². The number of hydrogen-bond donors (Lipinski definition) is 0. The third-order valence-corrected chi connectivity index (χ3v) is 2.31. The van der Waals surface area contributed by atoms with E-state index in [0.29, 0.717) is 0 Å². The monoisotopic (exact) mass is 266 g/mol. The molecule has 0 fully saturated rings. The standard InChI is InChI=1S/C8H7BrF2O.C2H6/c1-4-5(10)3-6(12-2)7(9)8(4)11;1-2/h3H,1-2H3;1-2H3. The normalized spacial score (nSPS) is 9.07. The molecule has 1 rings (SSSR count). The van der Waals surface area contributed by atoms with Crippen molar-refractivity contribution >= 4 is 15.9 Å². The van der Waals surface area contributed by atoms with Crippen LogP contribution in [0, 0.1) is 18.6 Å². The molecule has 0 saturated carbocycles. The van der Waals surface area contributed by atoms with Crippen molar-refractivity contribution in [2.24, 2.45) is 0 Å². The number of ether oxygens (including phenoxy) is 1. The van der Waals surface area contributed by atoms with Gasteiger partial charge in [0.2, 0.25) is 0 Å². The van der Waals surface area contributed by atoms with Crippen LogP contribution in [0.3, 0.4) is 0 Å². The van der Waals surface area contributed by atoms with Crippen LogP contribution in [0.1, 0.15) is 19.4 Å². The highest BCUT2D eigenvalue weighted by Crippen LogP contribution is 2.31. The summed E-state index contributed by atoms with van der Waals surface area (Å²) in [6.07, 6.45) is 0. The molecule has 0 heterocycles. The molecule has 0 aromatic heterocycles. The van der Waals surface area contributed by atoms with Gasteiger partial charge in [-0.2, -0.15) is 0 Å². The first-order valence-corrected chi connectivity index (χ1v) is 5.05. The van der Waals surface area contributed by atoms with Gasteiger partial charge in [0, 0.05) is 11.6 Å². The van der Waals surface area contributed by atoms with Crippen molar-refractivity contribution in [3.63, 3.8) is 0 Å². The van der Waals surface area contributed by atoms with Crippen LogP contribution in [0.5, 0.6) is 5.75 Å². The average Bonchev–Trinajstić information content (AvgIpc) is 2.23. The summed E-state index contributed by atoms with van der Waals surface area (Å²) in [6, 6.07) is 1.14. The van der Waals surface area contributed by atoms with Crippen LogP contribution >= 0.6 is 15.9 Å². The molecule has 0 aliphatic heterocycles. The van der Waals surface area contributed by atoms with E-state index in [1.807, 2.05) is 13.8 Å². The Morgan fingerprint density at radius 1 is 1.29 bits per heavy atom. The van der Waals surface area contributed by atoms with E-state index in [1.165, 1.54) is 14.0 Å². The van der Waals surface area contributed by atoms with Crippen molar-refractivity contribution in [2.45, 2.75) is 20.8 Å². The molecule has 14 heavy (non-hydrogen) atoms. The summed E-state index contributed by atoms with van der Waals surface area (Å²) in [4.78, 5) is 0. The van der Waals surface area contributed by atoms with Gasteiger partial charge >= 0.3 is 0 Å². The number of hydrogen-bond acceptors (Lipinski definition) is 1. The second kappa shape index (κ2) is 5.96. The zero-order valence-corrected chi connectivity index (χ0v) is 10.2. The first kappa shape index (κ1) is 13.4. The zero-order valence-electron chi connectivity index (χ0n) is 8.62. The fourth-order valence-corrected chi connectivity index (χ4v) is 1.39. The molecule has 0 amide bonds. The second-order valence-corrected chi connectivity index (χ2v) is 3.11. The second-order valence-electron chi connectivity index (χ2n) is 2.31. The van der Waals surface area contributed by atoms with Crippen molar-refractivity contribution in [1.82, 2.24) is 0 Å². The summed E-state index contributed by atoms with van der Waals surface area (Å²) in [5, 5.41) is 0.